The first-order valence-corrected chi connectivity index (χ1v) is 14.4. The lowest BCUT2D eigenvalue weighted by molar-refractivity contribution is -0.143. The van der Waals surface area contributed by atoms with Gasteiger partial charge < -0.3 is 18.8 Å². The molecule has 0 unspecified atom stereocenters. The molecule has 1 saturated heterocycles. The molecule has 1 aromatic carbocycles. The van der Waals surface area contributed by atoms with Crippen molar-refractivity contribution in [3.05, 3.63) is 78.7 Å². The maximum Gasteiger partial charge on any atom is 0.338 e. The first-order chi connectivity index (χ1) is 18.7. The van der Waals surface area contributed by atoms with Crippen LogP contribution in [0.3, 0.4) is 0 Å². The first kappa shape index (κ1) is 27.0. The Kier molecular flexibility index (Phi) is 7.79. The van der Waals surface area contributed by atoms with E-state index in [0.717, 1.165) is 49.0 Å². The van der Waals surface area contributed by atoms with Gasteiger partial charge in [-0.2, -0.15) is 0 Å². The van der Waals surface area contributed by atoms with Crippen molar-refractivity contribution >= 4 is 29.3 Å². The van der Waals surface area contributed by atoms with Gasteiger partial charge in [0.15, 0.2) is 10.7 Å². The standard InChI is InChI=1S/C30H35N3O5S/c1-6-36-22-9-7-21(8-10-22)27-26(29(35)37-18(2)3)20(5)31-30-33(27)28(34)24(39-30)17-23-11-12-25(38-23)32-15-13-19(4)14-16-32/h7-12,17-19,27H,6,13-16H2,1-5H3/b24-17-/t27-/m0/s1. The van der Waals surface area contributed by atoms with Gasteiger partial charge in [0, 0.05) is 25.2 Å². The number of carbonyl (C=O) groups is 1. The minimum absolute atomic E-state index is 0.232. The number of hydrogen-bond acceptors (Lipinski definition) is 8. The molecular weight excluding hydrogens is 514 g/mol. The van der Waals surface area contributed by atoms with Crippen LogP contribution in [0.4, 0.5) is 5.88 Å². The van der Waals surface area contributed by atoms with Crippen LogP contribution in [-0.4, -0.2) is 36.3 Å². The third kappa shape index (κ3) is 5.59. The van der Waals surface area contributed by atoms with E-state index in [1.165, 1.54) is 11.3 Å². The molecule has 1 atom stereocenters. The summed E-state index contributed by atoms with van der Waals surface area (Å²) in [5.41, 5.74) is 1.43. The molecule has 1 fully saturated rings. The predicted molar refractivity (Wildman–Crippen MR) is 152 cm³/mol. The molecule has 39 heavy (non-hydrogen) atoms. The number of rotatable bonds is 7. The molecule has 2 aliphatic rings. The highest BCUT2D eigenvalue weighted by molar-refractivity contribution is 7.07. The SMILES string of the molecule is CCOc1ccc([C@H]2C(C(=O)OC(C)C)=C(C)N=c3s/c(=C\c4ccc(N5CCC(C)CC5)o4)c(=O)n32)cc1. The molecule has 8 nitrogen and oxygen atoms in total. The normalized spacial score (nSPS) is 18.4. The fourth-order valence-corrected chi connectivity index (χ4v) is 6.06. The van der Waals surface area contributed by atoms with Crippen molar-refractivity contribution in [3.8, 4) is 5.75 Å². The van der Waals surface area contributed by atoms with Crippen LogP contribution in [-0.2, 0) is 9.53 Å². The fraction of sp³-hybridized carbons (Fsp3) is 0.433. The largest absolute Gasteiger partial charge is 0.494 e. The summed E-state index contributed by atoms with van der Waals surface area (Å²) in [6.07, 6.45) is 3.74. The third-order valence-corrected chi connectivity index (χ3v) is 8.06. The molecule has 0 spiro atoms. The molecule has 0 N–H and O–H groups in total. The van der Waals surface area contributed by atoms with Crippen molar-refractivity contribution in [2.45, 2.75) is 59.6 Å². The topological polar surface area (TPSA) is 86.3 Å². The van der Waals surface area contributed by atoms with Gasteiger partial charge in [-0.25, -0.2) is 9.79 Å². The summed E-state index contributed by atoms with van der Waals surface area (Å²) in [5, 5.41) is 0. The van der Waals surface area contributed by atoms with Crippen LogP contribution in [0.15, 0.2) is 61.9 Å². The van der Waals surface area contributed by atoms with Crippen molar-refractivity contribution in [2.75, 3.05) is 24.6 Å². The maximum absolute atomic E-state index is 13.8. The number of piperidine rings is 1. The molecule has 9 heteroatoms. The summed E-state index contributed by atoms with van der Waals surface area (Å²) in [5.74, 6) is 2.40. The molecule has 0 bridgehead atoms. The van der Waals surface area contributed by atoms with Crippen molar-refractivity contribution in [3.63, 3.8) is 0 Å². The van der Waals surface area contributed by atoms with Crippen molar-refractivity contribution in [2.24, 2.45) is 10.9 Å². The Hall–Kier alpha value is -3.59. The van der Waals surface area contributed by atoms with E-state index in [-0.39, 0.29) is 11.7 Å². The van der Waals surface area contributed by atoms with Gasteiger partial charge in [0.25, 0.3) is 5.56 Å². The van der Waals surface area contributed by atoms with Crippen molar-refractivity contribution in [1.82, 2.24) is 4.57 Å². The zero-order valence-corrected chi connectivity index (χ0v) is 23.9. The Morgan fingerprint density at radius 2 is 1.90 bits per heavy atom. The van der Waals surface area contributed by atoms with Gasteiger partial charge in [-0.05, 0) is 70.2 Å². The molecule has 5 rings (SSSR count). The maximum atomic E-state index is 13.8. The average molecular weight is 550 g/mol. The second kappa shape index (κ2) is 11.3. The number of ether oxygens (including phenoxy) is 2. The quantitative estimate of drug-likeness (QED) is 0.406. The number of fused-ring (bicyclic) bond motifs is 1. The summed E-state index contributed by atoms with van der Waals surface area (Å²) >= 11 is 1.29. The number of thiazole rings is 1. The molecule has 0 amide bonds. The number of esters is 1. The van der Waals surface area contributed by atoms with E-state index in [2.05, 4.69) is 16.8 Å². The van der Waals surface area contributed by atoms with Gasteiger partial charge in [-0.15, -0.1) is 0 Å². The lowest BCUT2D eigenvalue weighted by atomic mass is 9.96. The van der Waals surface area contributed by atoms with Gasteiger partial charge in [-0.1, -0.05) is 30.4 Å². The Morgan fingerprint density at radius 1 is 1.18 bits per heavy atom. The minimum atomic E-state index is -0.673. The lowest BCUT2D eigenvalue weighted by Crippen LogP contribution is -2.40. The number of allylic oxidation sites excluding steroid dienone is 1. The molecule has 0 aliphatic carbocycles. The van der Waals surface area contributed by atoms with Gasteiger partial charge in [0.2, 0.25) is 0 Å². The van der Waals surface area contributed by atoms with Crippen molar-refractivity contribution in [1.29, 1.82) is 0 Å². The Bertz CT molecular complexity index is 1550. The van der Waals surface area contributed by atoms with Crippen LogP contribution in [0.2, 0.25) is 0 Å². The van der Waals surface area contributed by atoms with Gasteiger partial charge >= 0.3 is 5.97 Å². The number of benzene rings is 1. The molecule has 4 heterocycles. The Morgan fingerprint density at radius 3 is 2.56 bits per heavy atom. The minimum Gasteiger partial charge on any atom is -0.494 e. The summed E-state index contributed by atoms with van der Waals surface area (Å²) in [7, 11) is 0. The highest BCUT2D eigenvalue weighted by Gasteiger charge is 2.34. The molecule has 206 valence electrons. The van der Waals surface area contributed by atoms with E-state index in [1.807, 2.05) is 43.3 Å². The molecular formula is C30H35N3O5S. The first-order valence-electron chi connectivity index (χ1n) is 13.6. The second-order valence-corrected chi connectivity index (χ2v) is 11.4. The number of furan rings is 1. The van der Waals surface area contributed by atoms with Gasteiger partial charge in [-0.3, -0.25) is 9.36 Å². The van der Waals surface area contributed by atoms with Crippen molar-refractivity contribution < 1.29 is 18.7 Å². The highest BCUT2D eigenvalue weighted by Crippen LogP contribution is 2.32. The number of hydrogen-bond donors (Lipinski definition) is 0. The van der Waals surface area contributed by atoms with E-state index < -0.39 is 12.0 Å². The highest BCUT2D eigenvalue weighted by atomic mass is 32.1. The lowest BCUT2D eigenvalue weighted by Gasteiger charge is -2.29. The van der Waals surface area contributed by atoms with E-state index in [1.54, 1.807) is 31.4 Å². The summed E-state index contributed by atoms with van der Waals surface area (Å²) in [6.45, 7) is 12.1. The summed E-state index contributed by atoms with van der Waals surface area (Å²) < 4.78 is 19.4. The van der Waals surface area contributed by atoms with E-state index >= 15 is 0 Å². The van der Waals surface area contributed by atoms with E-state index in [4.69, 9.17) is 13.9 Å². The number of carbonyl (C=O) groups excluding carboxylic acids is 1. The molecule has 0 saturated carbocycles. The van der Waals surface area contributed by atoms with Crippen LogP contribution in [0, 0.1) is 5.92 Å². The third-order valence-electron chi connectivity index (χ3n) is 7.07. The van der Waals surface area contributed by atoms with E-state index in [0.29, 0.717) is 33.0 Å². The van der Waals surface area contributed by atoms with Gasteiger partial charge in [0.05, 0.1) is 34.6 Å². The van der Waals surface area contributed by atoms with Crippen LogP contribution < -0.4 is 24.5 Å². The second-order valence-electron chi connectivity index (χ2n) is 10.4. The fourth-order valence-electron chi connectivity index (χ4n) is 5.04. The Labute approximate surface area is 231 Å². The molecule has 3 aromatic rings. The Balaban J connectivity index is 1.57. The number of aromatic nitrogens is 1. The van der Waals surface area contributed by atoms with Crippen LogP contribution >= 0.6 is 11.3 Å². The summed E-state index contributed by atoms with van der Waals surface area (Å²) in [6, 6.07) is 10.6. The van der Waals surface area contributed by atoms with Crippen LogP contribution in [0.5, 0.6) is 5.75 Å². The zero-order chi connectivity index (χ0) is 27.7. The number of anilines is 1. The van der Waals surface area contributed by atoms with Gasteiger partial charge in [0.1, 0.15) is 11.5 Å². The molecule has 0 radical (unpaired) electrons. The molecule has 2 aromatic heterocycles. The summed E-state index contributed by atoms with van der Waals surface area (Å²) in [4.78, 5) is 34.5. The van der Waals surface area contributed by atoms with E-state index in [9.17, 15) is 9.59 Å². The zero-order valence-electron chi connectivity index (χ0n) is 23.1. The molecule has 2 aliphatic heterocycles. The van der Waals surface area contributed by atoms with Crippen LogP contribution in [0.25, 0.3) is 6.08 Å². The monoisotopic (exact) mass is 549 g/mol. The smallest absolute Gasteiger partial charge is 0.338 e. The predicted octanol–water partition coefficient (Wildman–Crippen LogP) is 4.41. The number of nitrogens with zero attached hydrogens (tertiary/aromatic N) is 3. The average Bonchev–Trinajstić information content (AvgIpc) is 3.48. The van der Waals surface area contributed by atoms with Crippen LogP contribution in [0.1, 0.15) is 64.8 Å².